The van der Waals surface area contributed by atoms with Crippen LogP contribution in [0.1, 0.15) is 22.0 Å². The van der Waals surface area contributed by atoms with Crippen molar-refractivity contribution >= 4 is 28.8 Å². The number of amides is 2. The zero-order valence-electron chi connectivity index (χ0n) is 17.0. The molecule has 1 unspecified atom stereocenters. The number of nitrogens with zero attached hydrogens (tertiary/aromatic N) is 1. The predicted molar refractivity (Wildman–Crippen MR) is 120 cm³/mol. The van der Waals surface area contributed by atoms with E-state index in [1.807, 2.05) is 36.4 Å². The minimum atomic E-state index is -0.570. The van der Waals surface area contributed by atoms with Crippen LogP contribution in [0.25, 0.3) is 0 Å². The lowest BCUT2D eigenvalue weighted by Gasteiger charge is -2.32. The molecular weight excluding hydrogens is 394 g/mol. The average molecular weight is 421 g/mol. The van der Waals surface area contributed by atoms with Gasteiger partial charge in [-0.2, -0.15) is 0 Å². The molecule has 2 N–H and O–H groups in total. The number of para-hydroxylation sites is 1. The van der Waals surface area contributed by atoms with Gasteiger partial charge in [-0.3, -0.25) is 9.59 Å². The number of likely N-dealkylation sites (N-methyl/N-ethyl adjacent to an activating group) is 1. The van der Waals surface area contributed by atoms with Crippen LogP contribution in [0.2, 0.25) is 0 Å². The third kappa shape index (κ3) is 4.45. The number of benzene rings is 2. The van der Waals surface area contributed by atoms with Crippen molar-refractivity contribution in [2.45, 2.75) is 19.0 Å². The Kier molecular flexibility index (Phi) is 6.26. The molecule has 0 radical (unpaired) electrons. The molecule has 0 fully saturated rings. The minimum Gasteiger partial charge on any atom is -0.341 e. The molecule has 2 atom stereocenters. The van der Waals surface area contributed by atoms with E-state index in [1.54, 1.807) is 18.4 Å². The Bertz CT molecular complexity index is 1000. The Morgan fingerprint density at radius 1 is 1.03 bits per heavy atom. The summed E-state index contributed by atoms with van der Waals surface area (Å²) in [6.45, 7) is 2.37. The first-order valence-electron chi connectivity index (χ1n) is 10.2. The molecule has 0 spiro atoms. The SMILES string of the molecule is CN(C(=O)C(=O)NC[C@@H](c1cccs1)[NH+]1CCc2ccccc2C1)c1ccccc1. The standard InChI is InChI=1S/C24H25N3O2S/c1-26(20-10-3-2-4-11-20)24(29)23(28)25-16-21(22-12-7-15-30-22)27-14-13-18-8-5-6-9-19(18)17-27/h2-12,15,21H,13-14,16-17H2,1H3,(H,25,28)/p+1/t21-/m0/s1. The molecule has 2 amide bonds. The first kappa shape index (κ1) is 20.3. The average Bonchev–Trinajstić information content (AvgIpc) is 3.33. The largest absolute Gasteiger partial charge is 0.341 e. The van der Waals surface area contributed by atoms with Crippen LogP contribution in [0.3, 0.4) is 0 Å². The molecule has 1 aliphatic heterocycles. The van der Waals surface area contributed by atoms with Crippen LogP contribution in [-0.2, 0) is 22.6 Å². The molecule has 1 aliphatic rings. The number of rotatable bonds is 5. The van der Waals surface area contributed by atoms with Crippen LogP contribution in [0.15, 0.2) is 72.1 Å². The molecule has 0 bridgehead atoms. The normalized spacial score (nSPS) is 16.4. The molecule has 5 nitrogen and oxygen atoms in total. The van der Waals surface area contributed by atoms with Gasteiger partial charge in [0.1, 0.15) is 12.6 Å². The second-order valence-electron chi connectivity index (χ2n) is 7.58. The van der Waals surface area contributed by atoms with Gasteiger partial charge in [-0.25, -0.2) is 0 Å². The fourth-order valence-electron chi connectivity index (χ4n) is 4.03. The van der Waals surface area contributed by atoms with Gasteiger partial charge in [0.15, 0.2) is 0 Å². The summed E-state index contributed by atoms with van der Waals surface area (Å²) in [6.07, 6.45) is 1.02. The topological polar surface area (TPSA) is 53.9 Å². The summed E-state index contributed by atoms with van der Waals surface area (Å²) >= 11 is 1.70. The minimum absolute atomic E-state index is 0.122. The number of nitrogens with one attached hydrogen (secondary N) is 2. The van der Waals surface area contributed by atoms with Gasteiger partial charge in [0.2, 0.25) is 0 Å². The number of hydrogen-bond acceptors (Lipinski definition) is 3. The Hall–Kier alpha value is -2.96. The molecule has 0 saturated heterocycles. The maximum absolute atomic E-state index is 12.6. The second kappa shape index (κ2) is 9.24. The first-order valence-corrected chi connectivity index (χ1v) is 11.1. The summed E-state index contributed by atoms with van der Waals surface area (Å²) in [4.78, 5) is 29.2. The highest BCUT2D eigenvalue weighted by Crippen LogP contribution is 2.19. The van der Waals surface area contributed by atoms with Crippen molar-refractivity contribution in [1.29, 1.82) is 0 Å². The third-order valence-corrected chi connectivity index (χ3v) is 6.73. The number of carbonyl (C=O) groups excluding carboxylic acids is 2. The van der Waals surface area contributed by atoms with Gasteiger partial charge in [0.25, 0.3) is 0 Å². The first-order chi connectivity index (χ1) is 14.6. The molecule has 0 aliphatic carbocycles. The molecule has 0 saturated carbocycles. The van der Waals surface area contributed by atoms with Crippen LogP contribution < -0.4 is 15.1 Å². The molecule has 1 aromatic heterocycles. The van der Waals surface area contributed by atoms with E-state index in [4.69, 9.17) is 0 Å². The molecule has 4 rings (SSSR count). The Balaban J connectivity index is 1.44. The van der Waals surface area contributed by atoms with Crippen LogP contribution in [0, 0.1) is 0 Å². The lowest BCUT2D eigenvalue weighted by Crippen LogP contribution is -3.12. The molecular formula is C24H26N3O2S+. The Morgan fingerprint density at radius 3 is 2.50 bits per heavy atom. The number of anilines is 1. The van der Waals surface area contributed by atoms with Crippen molar-refractivity contribution in [2.24, 2.45) is 0 Å². The van der Waals surface area contributed by atoms with Gasteiger partial charge in [-0.05, 0) is 29.1 Å². The molecule has 154 valence electrons. The smallest absolute Gasteiger partial charge is 0.316 e. The summed E-state index contributed by atoms with van der Waals surface area (Å²) in [6, 6.07) is 22.1. The fourth-order valence-corrected chi connectivity index (χ4v) is 4.91. The van der Waals surface area contributed by atoms with Crippen molar-refractivity contribution in [3.05, 3.63) is 88.1 Å². The Morgan fingerprint density at radius 2 is 1.77 bits per heavy atom. The van der Waals surface area contributed by atoms with Gasteiger partial charge in [0, 0.05) is 24.7 Å². The molecule has 6 heteroatoms. The summed E-state index contributed by atoms with van der Waals surface area (Å²) in [7, 11) is 1.63. The molecule has 2 aromatic carbocycles. The van der Waals surface area contributed by atoms with Crippen LogP contribution >= 0.6 is 11.3 Å². The van der Waals surface area contributed by atoms with E-state index in [2.05, 4.69) is 41.0 Å². The van der Waals surface area contributed by atoms with Gasteiger partial charge in [-0.15, -0.1) is 11.3 Å². The van der Waals surface area contributed by atoms with E-state index < -0.39 is 11.8 Å². The van der Waals surface area contributed by atoms with Gasteiger partial charge >= 0.3 is 11.8 Å². The quantitative estimate of drug-likeness (QED) is 0.622. The zero-order valence-corrected chi connectivity index (χ0v) is 17.8. The predicted octanol–water partition coefficient (Wildman–Crippen LogP) is 2.21. The lowest BCUT2D eigenvalue weighted by atomic mass is 9.98. The van der Waals surface area contributed by atoms with E-state index in [9.17, 15) is 9.59 Å². The van der Waals surface area contributed by atoms with E-state index in [0.717, 1.165) is 19.5 Å². The number of thiophene rings is 1. The van der Waals surface area contributed by atoms with E-state index in [1.165, 1.54) is 25.8 Å². The lowest BCUT2D eigenvalue weighted by molar-refractivity contribution is -0.945. The number of carbonyl (C=O) groups is 2. The third-order valence-electron chi connectivity index (χ3n) is 5.74. The molecule has 2 heterocycles. The molecule has 3 aromatic rings. The Labute approximate surface area is 180 Å². The summed E-state index contributed by atoms with van der Waals surface area (Å²) in [5.74, 6) is -1.12. The highest BCUT2D eigenvalue weighted by atomic mass is 32.1. The van der Waals surface area contributed by atoms with E-state index in [0.29, 0.717) is 12.2 Å². The van der Waals surface area contributed by atoms with E-state index in [-0.39, 0.29) is 6.04 Å². The second-order valence-corrected chi connectivity index (χ2v) is 8.56. The highest BCUT2D eigenvalue weighted by Gasteiger charge is 2.30. The van der Waals surface area contributed by atoms with Crippen molar-refractivity contribution in [2.75, 3.05) is 25.0 Å². The number of hydrogen-bond donors (Lipinski definition) is 2. The maximum atomic E-state index is 12.6. The number of quaternary nitrogens is 1. The summed E-state index contributed by atoms with van der Waals surface area (Å²) < 4.78 is 0. The van der Waals surface area contributed by atoms with Crippen LogP contribution in [0.4, 0.5) is 5.69 Å². The maximum Gasteiger partial charge on any atom is 0.316 e. The van der Waals surface area contributed by atoms with Gasteiger partial charge in [-0.1, -0.05) is 48.5 Å². The highest BCUT2D eigenvalue weighted by molar-refractivity contribution is 7.10. The van der Waals surface area contributed by atoms with Crippen molar-refractivity contribution in [3.8, 4) is 0 Å². The summed E-state index contributed by atoms with van der Waals surface area (Å²) in [5.41, 5.74) is 3.48. The number of fused-ring (bicyclic) bond motifs is 1. The van der Waals surface area contributed by atoms with Gasteiger partial charge < -0.3 is 15.1 Å². The van der Waals surface area contributed by atoms with Crippen LogP contribution in [-0.4, -0.2) is 32.0 Å². The monoisotopic (exact) mass is 420 g/mol. The molecule has 30 heavy (non-hydrogen) atoms. The zero-order chi connectivity index (χ0) is 20.9. The van der Waals surface area contributed by atoms with Crippen molar-refractivity contribution < 1.29 is 14.5 Å². The van der Waals surface area contributed by atoms with Crippen molar-refractivity contribution in [1.82, 2.24) is 5.32 Å². The van der Waals surface area contributed by atoms with E-state index >= 15 is 0 Å². The van der Waals surface area contributed by atoms with Crippen LogP contribution in [0.5, 0.6) is 0 Å². The summed E-state index contributed by atoms with van der Waals surface area (Å²) in [5, 5.41) is 4.96. The van der Waals surface area contributed by atoms with Crippen molar-refractivity contribution in [3.63, 3.8) is 0 Å². The fraction of sp³-hybridized carbons (Fsp3) is 0.250. The van der Waals surface area contributed by atoms with Gasteiger partial charge in [0.05, 0.1) is 18.0 Å².